The van der Waals surface area contributed by atoms with Crippen LogP contribution in [0, 0.1) is 17.0 Å². The number of nitrogens with zero attached hydrogens (tertiary/aromatic N) is 2. The predicted octanol–water partition coefficient (Wildman–Crippen LogP) is 1.86. The van der Waals surface area contributed by atoms with Crippen LogP contribution < -0.4 is 0 Å². The molecule has 0 aliphatic rings. The molecule has 0 fully saturated rings. The molecule has 7 heteroatoms. The van der Waals surface area contributed by atoms with E-state index in [4.69, 9.17) is 5.11 Å². The molecule has 0 aliphatic carbocycles. The topological polar surface area (TPSA) is 93.3 Å². The lowest BCUT2D eigenvalue weighted by atomic mass is 10.3. The molecular weight excluding hydrogens is 232 g/mol. The predicted molar refractivity (Wildman–Crippen MR) is 58.6 cm³/mol. The van der Waals surface area contributed by atoms with Gasteiger partial charge >= 0.3 is 11.7 Å². The van der Waals surface area contributed by atoms with E-state index in [1.54, 1.807) is 6.92 Å². The van der Waals surface area contributed by atoms with Crippen LogP contribution in [0.4, 0.5) is 5.69 Å². The van der Waals surface area contributed by atoms with Crippen LogP contribution >= 0.6 is 11.8 Å². The monoisotopic (exact) mass is 242 g/mol. The molecule has 1 atom stereocenters. The van der Waals surface area contributed by atoms with Crippen molar-refractivity contribution in [2.45, 2.75) is 24.1 Å². The number of hydrogen-bond donors (Lipinski definition) is 1. The largest absolute Gasteiger partial charge is 0.480 e. The minimum Gasteiger partial charge on any atom is -0.480 e. The number of carbonyl (C=O) groups is 1. The van der Waals surface area contributed by atoms with Crippen LogP contribution in [0.25, 0.3) is 0 Å². The zero-order chi connectivity index (χ0) is 12.3. The molecule has 1 rings (SSSR count). The zero-order valence-electron chi connectivity index (χ0n) is 8.71. The first-order chi connectivity index (χ1) is 7.43. The van der Waals surface area contributed by atoms with E-state index in [2.05, 4.69) is 4.98 Å². The number of thioether (sulfide) groups is 1. The van der Waals surface area contributed by atoms with Gasteiger partial charge in [-0.3, -0.25) is 14.9 Å². The maximum Gasteiger partial charge on any atom is 0.316 e. The zero-order valence-corrected chi connectivity index (χ0v) is 9.52. The normalized spacial score (nSPS) is 12.1. The van der Waals surface area contributed by atoms with Crippen molar-refractivity contribution in [3.63, 3.8) is 0 Å². The Hall–Kier alpha value is -1.63. The summed E-state index contributed by atoms with van der Waals surface area (Å²) in [5, 5.41) is 18.9. The second-order valence-electron chi connectivity index (χ2n) is 3.14. The summed E-state index contributed by atoms with van der Waals surface area (Å²) in [6, 6.07) is 1.52. The summed E-state index contributed by atoms with van der Waals surface area (Å²) in [5.41, 5.74) is 0.348. The van der Waals surface area contributed by atoms with Crippen molar-refractivity contribution in [2.75, 3.05) is 0 Å². The minimum absolute atomic E-state index is 0.124. The molecular formula is C9H10N2O4S. The quantitative estimate of drug-likeness (QED) is 0.492. The van der Waals surface area contributed by atoms with Crippen molar-refractivity contribution in [1.29, 1.82) is 0 Å². The number of hydrogen-bond acceptors (Lipinski definition) is 5. The van der Waals surface area contributed by atoms with Gasteiger partial charge < -0.3 is 5.11 Å². The Morgan fingerprint density at radius 1 is 1.69 bits per heavy atom. The van der Waals surface area contributed by atoms with Crippen molar-refractivity contribution in [1.82, 2.24) is 4.98 Å². The van der Waals surface area contributed by atoms with Crippen molar-refractivity contribution < 1.29 is 14.8 Å². The average molecular weight is 242 g/mol. The van der Waals surface area contributed by atoms with Gasteiger partial charge in [0, 0.05) is 11.8 Å². The Bertz CT molecular complexity index is 436. The molecule has 1 aromatic rings. The summed E-state index contributed by atoms with van der Waals surface area (Å²) < 4.78 is 0. The highest BCUT2D eigenvalue weighted by Gasteiger charge is 2.23. The highest BCUT2D eigenvalue weighted by Crippen LogP contribution is 2.32. The van der Waals surface area contributed by atoms with Gasteiger partial charge in [-0.15, -0.1) is 0 Å². The molecule has 0 amide bonds. The highest BCUT2D eigenvalue weighted by atomic mass is 32.2. The van der Waals surface area contributed by atoms with E-state index in [0.717, 1.165) is 11.8 Å². The standard InChI is InChI=1S/C9H10N2O4S/c1-5-3-4-10-8(7(5)11(14)15)16-6(2)9(12)13/h3-4,6H,1-2H3,(H,12,13). The lowest BCUT2D eigenvalue weighted by Gasteiger charge is -2.06. The molecule has 1 N–H and O–H groups in total. The first-order valence-electron chi connectivity index (χ1n) is 4.43. The molecule has 1 heterocycles. The Morgan fingerprint density at radius 2 is 2.31 bits per heavy atom. The fourth-order valence-electron chi connectivity index (χ4n) is 1.05. The van der Waals surface area contributed by atoms with E-state index >= 15 is 0 Å². The third kappa shape index (κ3) is 2.69. The molecule has 0 aliphatic heterocycles. The van der Waals surface area contributed by atoms with Crippen molar-refractivity contribution in [2.24, 2.45) is 0 Å². The summed E-state index contributed by atoms with van der Waals surface area (Å²) in [7, 11) is 0. The van der Waals surface area contributed by atoms with Crippen LogP contribution in [0.3, 0.4) is 0 Å². The van der Waals surface area contributed by atoms with E-state index in [1.165, 1.54) is 19.2 Å². The van der Waals surface area contributed by atoms with Crippen molar-refractivity contribution in [3.8, 4) is 0 Å². The lowest BCUT2D eigenvalue weighted by molar-refractivity contribution is -0.388. The number of aromatic nitrogens is 1. The van der Waals surface area contributed by atoms with Crippen molar-refractivity contribution in [3.05, 3.63) is 27.9 Å². The Kier molecular flexibility index (Phi) is 3.83. The summed E-state index contributed by atoms with van der Waals surface area (Å²) >= 11 is 0.868. The van der Waals surface area contributed by atoms with Crippen LogP contribution in [0.5, 0.6) is 0 Å². The van der Waals surface area contributed by atoms with Gasteiger partial charge in [0.05, 0.1) is 4.92 Å². The number of pyridine rings is 1. The molecule has 6 nitrogen and oxygen atoms in total. The van der Waals surface area contributed by atoms with Crippen LogP contribution in [-0.4, -0.2) is 26.2 Å². The first kappa shape index (κ1) is 12.4. The second kappa shape index (κ2) is 4.93. The lowest BCUT2D eigenvalue weighted by Crippen LogP contribution is -2.12. The molecule has 0 spiro atoms. The van der Waals surface area contributed by atoms with Gasteiger partial charge in [-0.2, -0.15) is 0 Å². The summed E-state index contributed by atoms with van der Waals surface area (Å²) in [6.07, 6.45) is 1.43. The first-order valence-corrected chi connectivity index (χ1v) is 5.31. The molecule has 1 unspecified atom stereocenters. The van der Waals surface area contributed by atoms with E-state index < -0.39 is 16.1 Å². The molecule has 0 radical (unpaired) electrons. The maximum atomic E-state index is 10.8. The van der Waals surface area contributed by atoms with Gasteiger partial charge in [-0.1, -0.05) is 11.8 Å². The van der Waals surface area contributed by atoms with Gasteiger partial charge in [0.1, 0.15) is 5.25 Å². The van der Waals surface area contributed by atoms with Crippen LogP contribution in [0.1, 0.15) is 12.5 Å². The summed E-state index contributed by atoms with van der Waals surface area (Å²) in [5.74, 6) is -1.03. The van der Waals surface area contributed by atoms with E-state index in [1.807, 2.05) is 0 Å². The minimum atomic E-state index is -1.03. The van der Waals surface area contributed by atoms with E-state index in [-0.39, 0.29) is 10.7 Å². The molecule has 0 bridgehead atoms. The van der Waals surface area contributed by atoms with Gasteiger partial charge in [0.15, 0.2) is 5.03 Å². The van der Waals surface area contributed by atoms with Gasteiger partial charge in [0.2, 0.25) is 0 Å². The maximum absolute atomic E-state index is 10.8. The molecule has 86 valence electrons. The fourth-order valence-corrected chi connectivity index (χ4v) is 1.96. The SMILES string of the molecule is Cc1ccnc(SC(C)C(=O)O)c1[N+](=O)[O-]. The Labute approximate surface area is 95.8 Å². The summed E-state index contributed by atoms with van der Waals surface area (Å²) in [6.45, 7) is 3.05. The van der Waals surface area contributed by atoms with E-state index in [0.29, 0.717) is 5.56 Å². The second-order valence-corrected chi connectivity index (χ2v) is 4.47. The Balaban J connectivity index is 3.09. The van der Waals surface area contributed by atoms with Gasteiger partial charge in [-0.25, -0.2) is 4.98 Å². The number of aliphatic carboxylic acids is 1. The van der Waals surface area contributed by atoms with Crippen molar-refractivity contribution >= 4 is 23.4 Å². The number of aryl methyl sites for hydroxylation is 1. The van der Waals surface area contributed by atoms with Crippen LogP contribution in [-0.2, 0) is 4.79 Å². The molecule has 0 aromatic carbocycles. The smallest absolute Gasteiger partial charge is 0.316 e. The molecule has 0 saturated heterocycles. The van der Waals surface area contributed by atoms with Crippen LogP contribution in [0.2, 0.25) is 0 Å². The number of carboxylic acids is 1. The number of carboxylic acid groups (broad SMARTS) is 1. The van der Waals surface area contributed by atoms with Gasteiger partial charge in [0.25, 0.3) is 0 Å². The number of rotatable bonds is 4. The molecule has 16 heavy (non-hydrogen) atoms. The molecule has 1 aromatic heterocycles. The highest BCUT2D eigenvalue weighted by molar-refractivity contribution is 8.00. The van der Waals surface area contributed by atoms with Gasteiger partial charge in [-0.05, 0) is 19.9 Å². The Morgan fingerprint density at radius 3 is 2.81 bits per heavy atom. The van der Waals surface area contributed by atoms with Crippen LogP contribution in [0.15, 0.2) is 17.3 Å². The summed E-state index contributed by atoms with van der Waals surface area (Å²) in [4.78, 5) is 24.7. The average Bonchev–Trinajstić information content (AvgIpc) is 2.16. The van der Waals surface area contributed by atoms with E-state index in [9.17, 15) is 14.9 Å². The molecule has 0 saturated carbocycles. The third-order valence-corrected chi connectivity index (χ3v) is 2.99. The fraction of sp³-hybridized carbons (Fsp3) is 0.333. The number of nitro groups is 1. The third-order valence-electron chi connectivity index (χ3n) is 1.91.